The zero-order valence-corrected chi connectivity index (χ0v) is 12.5. The lowest BCUT2D eigenvalue weighted by molar-refractivity contribution is -0.149. The minimum Gasteiger partial charge on any atom is -0.481 e. The van der Waals surface area contributed by atoms with E-state index in [1.54, 1.807) is 6.07 Å². The molecule has 1 aromatic heterocycles. The van der Waals surface area contributed by atoms with E-state index < -0.39 is 11.4 Å². The van der Waals surface area contributed by atoms with Crippen molar-refractivity contribution in [1.29, 1.82) is 0 Å². The van der Waals surface area contributed by atoms with Gasteiger partial charge in [-0.25, -0.2) is 0 Å². The van der Waals surface area contributed by atoms with Gasteiger partial charge in [0.05, 0.1) is 11.0 Å². The van der Waals surface area contributed by atoms with Crippen LogP contribution < -0.4 is 5.32 Å². The second kappa shape index (κ2) is 6.65. The number of aliphatic carboxylic acids is 1. The zero-order valence-electron chi connectivity index (χ0n) is 10.9. The van der Waals surface area contributed by atoms with E-state index in [-0.39, 0.29) is 12.5 Å². The molecule has 5 nitrogen and oxygen atoms in total. The van der Waals surface area contributed by atoms with E-state index in [0.717, 1.165) is 0 Å². The highest BCUT2D eigenvalue weighted by Crippen LogP contribution is 2.26. The van der Waals surface area contributed by atoms with Crippen LogP contribution in [0, 0.1) is 5.41 Å². The van der Waals surface area contributed by atoms with Crippen LogP contribution in [0.5, 0.6) is 0 Å². The number of aromatic nitrogens is 1. The molecule has 1 heterocycles. The molecule has 0 aliphatic rings. The van der Waals surface area contributed by atoms with Crippen LogP contribution in [-0.2, 0) is 4.79 Å². The van der Waals surface area contributed by atoms with E-state index in [1.165, 1.54) is 12.4 Å². The molecular formula is C13H17BrN2O3. The number of amides is 1. The second-order valence-electron chi connectivity index (χ2n) is 4.33. The van der Waals surface area contributed by atoms with Gasteiger partial charge in [-0.1, -0.05) is 13.8 Å². The minimum atomic E-state index is -0.908. The van der Waals surface area contributed by atoms with Gasteiger partial charge in [-0.3, -0.25) is 14.6 Å². The van der Waals surface area contributed by atoms with Crippen molar-refractivity contribution < 1.29 is 14.7 Å². The molecule has 0 saturated heterocycles. The molecule has 0 saturated carbocycles. The van der Waals surface area contributed by atoms with E-state index >= 15 is 0 Å². The average Bonchev–Trinajstić information content (AvgIpc) is 2.40. The molecule has 6 heteroatoms. The maximum Gasteiger partial charge on any atom is 0.311 e. The molecule has 104 valence electrons. The Morgan fingerprint density at radius 1 is 1.42 bits per heavy atom. The molecule has 0 radical (unpaired) electrons. The molecule has 0 aliphatic heterocycles. The first-order chi connectivity index (χ1) is 8.96. The molecule has 0 atom stereocenters. The van der Waals surface area contributed by atoms with Gasteiger partial charge in [-0.15, -0.1) is 0 Å². The number of hydrogen-bond acceptors (Lipinski definition) is 3. The van der Waals surface area contributed by atoms with E-state index in [1.807, 2.05) is 13.8 Å². The van der Waals surface area contributed by atoms with Crippen LogP contribution in [0.15, 0.2) is 22.9 Å². The molecule has 0 spiro atoms. The topological polar surface area (TPSA) is 79.3 Å². The van der Waals surface area contributed by atoms with Crippen molar-refractivity contribution in [3.05, 3.63) is 28.5 Å². The lowest BCUT2D eigenvalue weighted by atomic mass is 9.82. The van der Waals surface area contributed by atoms with Crippen LogP contribution in [0.1, 0.15) is 37.0 Å². The van der Waals surface area contributed by atoms with Gasteiger partial charge in [0, 0.05) is 23.4 Å². The SMILES string of the molecule is CCC(CC)(CNC(=O)c1ccncc1Br)C(=O)O. The summed E-state index contributed by atoms with van der Waals surface area (Å²) in [7, 11) is 0. The Kier molecular flexibility index (Phi) is 5.47. The summed E-state index contributed by atoms with van der Waals surface area (Å²) < 4.78 is 0.585. The largest absolute Gasteiger partial charge is 0.481 e. The van der Waals surface area contributed by atoms with Gasteiger partial charge in [-0.2, -0.15) is 0 Å². The molecule has 0 aliphatic carbocycles. The molecule has 0 fully saturated rings. The third kappa shape index (κ3) is 3.53. The molecule has 1 amide bonds. The quantitative estimate of drug-likeness (QED) is 0.840. The van der Waals surface area contributed by atoms with Crippen molar-refractivity contribution >= 4 is 27.8 Å². The van der Waals surface area contributed by atoms with Gasteiger partial charge in [0.1, 0.15) is 0 Å². The monoisotopic (exact) mass is 328 g/mol. The van der Waals surface area contributed by atoms with Crippen LogP contribution in [0.3, 0.4) is 0 Å². The summed E-state index contributed by atoms with van der Waals surface area (Å²) in [5, 5.41) is 12.0. The predicted molar refractivity (Wildman–Crippen MR) is 74.9 cm³/mol. The summed E-state index contributed by atoms with van der Waals surface area (Å²) in [6.07, 6.45) is 3.98. The standard InChI is InChI=1S/C13H17BrN2O3/c1-3-13(4-2,12(18)19)8-16-11(17)9-5-6-15-7-10(9)14/h5-7H,3-4,8H2,1-2H3,(H,16,17)(H,18,19). The summed E-state index contributed by atoms with van der Waals surface area (Å²) in [5.41, 5.74) is -0.462. The summed E-state index contributed by atoms with van der Waals surface area (Å²) in [4.78, 5) is 27.2. The number of nitrogens with one attached hydrogen (secondary N) is 1. The predicted octanol–water partition coefficient (Wildman–Crippen LogP) is 2.46. The first-order valence-corrected chi connectivity index (χ1v) is 6.87. The fourth-order valence-corrected chi connectivity index (χ4v) is 2.21. The molecular weight excluding hydrogens is 312 g/mol. The van der Waals surface area contributed by atoms with Crippen LogP contribution in [0.25, 0.3) is 0 Å². The first kappa shape index (κ1) is 15.6. The molecule has 1 rings (SSSR count). The van der Waals surface area contributed by atoms with Crippen molar-refractivity contribution in [1.82, 2.24) is 10.3 Å². The maximum atomic E-state index is 12.0. The molecule has 19 heavy (non-hydrogen) atoms. The van der Waals surface area contributed by atoms with Gasteiger partial charge in [-0.05, 0) is 34.8 Å². The Balaban J connectivity index is 2.79. The fraction of sp³-hybridized carbons (Fsp3) is 0.462. The van der Waals surface area contributed by atoms with E-state index in [0.29, 0.717) is 22.9 Å². The Bertz CT molecular complexity index is 473. The van der Waals surface area contributed by atoms with Crippen molar-refractivity contribution in [2.45, 2.75) is 26.7 Å². The van der Waals surface area contributed by atoms with Gasteiger partial charge < -0.3 is 10.4 Å². The summed E-state index contributed by atoms with van der Waals surface area (Å²) in [5.74, 6) is -1.19. The maximum absolute atomic E-state index is 12.0. The number of carboxylic acids is 1. The second-order valence-corrected chi connectivity index (χ2v) is 5.19. The van der Waals surface area contributed by atoms with Gasteiger partial charge in [0.15, 0.2) is 0 Å². The van der Waals surface area contributed by atoms with Crippen LogP contribution in [-0.4, -0.2) is 28.5 Å². The van der Waals surface area contributed by atoms with Crippen LogP contribution in [0.2, 0.25) is 0 Å². The Hall–Kier alpha value is -1.43. The smallest absolute Gasteiger partial charge is 0.311 e. The summed E-state index contributed by atoms with van der Waals surface area (Å²) in [6.45, 7) is 3.74. The lowest BCUT2D eigenvalue weighted by Crippen LogP contribution is -2.42. The number of rotatable bonds is 6. The number of carboxylic acid groups (broad SMARTS) is 1. The molecule has 0 aromatic carbocycles. The Morgan fingerprint density at radius 3 is 2.53 bits per heavy atom. The highest BCUT2D eigenvalue weighted by molar-refractivity contribution is 9.10. The number of pyridine rings is 1. The highest BCUT2D eigenvalue weighted by Gasteiger charge is 2.35. The van der Waals surface area contributed by atoms with Crippen LogP contribution >= 0.6 is 15.9 Å². The minimum absolute atomic E-state index is 0.114. The van der Waals surface area contributed by atoms with Crippen molar-refractivity contribution in [3.8, 4) is 0 Å². The number of carbonyl (C=O) groups is 2. The summed E-state index contributed by atoms with van der Waals surface area (Å²) >= 11 is 3.24. The van der Waals surface area contributed by atoms with E-state index in [4.69, 9.17) is 0 Å². The van der Waals surface area contributed by atoms with Gasteiger partial charge >= 0.3 is 5.97 Å². The Morgan fingerprint density at radius 2 is 2.05 bits per heavy atom. The third-order valence-corrected chi connectivity index (χ3v) is 4.04. The average molecular weight is 329 g/mol. The van der Waals surface area contributed by atoms with E-state index in [2.05, 4.69) is 26.2 Å². The lowest BCUT2D eigenvalue weighted by Gasteiger charge is -2.26. The molecule has 0 unspecified atom stereocenters. The zero-order chi connectivity index (χ0) is 14.5. The van der Waals surface area contributed by atoms with E-state index in [9.17, 15) is 14.7 Å². The third-order valence-electron chi connectivity index (χ3n) is 3.41. The molecule has 0 bridgehead atoms. The van der Waals surface area contributed by atoms with Gasteiger partial charge in [0.25, 0.3) is 5.91 Å². The number of carbonyl (C=O) groups excluding carboxylic acids is 1. The van der Waals surface area contributed by atoms with Crippen molar-refractivity contribution in [3.63, 3.8) is 0 Å². The molecule has 2 N–H and O–H groups in total. The van der Waals surface area contributed by atoms with Crippen molar-refractivity contribution in [2.24, 2.45) is 5.41 Å². The number of hydrogen-bond donors (Lipinski definition) is 2. The van der Waals surface area contributed by atoms with Crippen LogP contribution in [0.4, 0.5) is 0 Å². The highest BCUT2D eigenvalue weighted by atomic mass is 79.9. The Labute approximate surface area is 120 Å². The fourth-order valence-electron chi connectivity index (χ4n) is 1.78. The van der Waals surface area contributed by atoms with Crippen molar-refractivity contribution in [2.75, 3.05) is 6.54 Å². The number of nitrogens with zero attached hydrogens (tertiary/aromatic N) is 1. The normalized spacial score (nSPS) is 11.1. The first-order valence-electron chi connectivity index (χ1n) is 6.08. The number of halogens is 1. The molecule has 1 aromatic rings. The summed E-state index contributed by atoms with van der Waals surface area (Å²) in [6, 6.07) is 1.58. The van der Waals surface area contributed by atoms with Gasteiger partial charge in [0.2, 0.25) is 0 Å².